The average molecular weight is 302 g/mol. The molecule has 0 aliphatic heterocycles. The van der Waals surface area contributed by atoms with Crippen LogP contribution in [-0.2, 0) is 9.53 Å². The molecule has 0 bridgehead atoms. The number of carbonyl (C=O) groups excluding carboxylic acids is 1. The fraction of sp³-hybridized carbons (Fsp3) is 0.474. The molecule has 3 heteroatoms. The van der Waals surface area contributed by atoms with Crippen LogP contribution in [-0.4, -0.2) is 24.3 Å². The second kappa shape index (κ2) is 10.8. The second-order valence-corrected chi connectivity index (χ2v) is 5.25. The van der Waals surface area contributed by atoms with Gasteiger partial charge in [-0.15, -0.1) is 5.73 Å². The van der Waals surface area contributed by atoms with E-state index in [1.54, 1.807) is 0 Å². The minimum absolute atomic E-state index is 0.109. The molecule has 0 amide bonds. The highest BCUT2D eigenvalue weighted by atomic mass is 16.5. The summed E-state index contributed by atoms with van der Waals surface area (Å²) in [4.78, 5) is 11.4. The first kappa shape index (κ1) is 18.2. The van der Waals surface area contributed by atoms with Crippen molar-refractivity contribution < 1.29 is 14.6 Å². The van der Waals surface area contributed by atoms with Gasteiger partial charge in [0, 0.05) is 17.6 Å². The third-order valence-corrected chi connectivity index (χ3v) is 3.28. The molecule has 22 heavy (non-hydrogen) atoms. The maximum absolute atomic E-state index is 11.4. The number of benzene rings is 1. The van der Waals surface area contributed by atoms with Crippen LogP contribution in [0.25, 0.3) is 5.57 Å². The minimum atomic E-state index is -0.231. The molecule has 3 nitrogen and oxygen atoms in total. The zero-order valence-corrected chi connectivity index (χ0v) is 13.6. The third kappa shape index (κ3) is 6.75. The van der Waals surface area contributed by atoms with Gasteiger partial charge in [-0.05, 0) is 24.8 Å². The zero-order valence-electron chi connectivity index (χ0n) is 13.6. The van der Waals surface area contributed by atoms with Crippen molar-refractivity contribution in [1.29, 1.82) is 0 Å². The summed E-state index contributed by atoms with van der Waals surface area (Å²) in [6.45, 7) is 4.04. The van der Waals surface area contributed by atoms with E-state index in [1.165, 1.54) is 0 Å². The van der Waals surface area contributed by atoms with Crippen LogP contribution in [0.5, 0.6) is 0 Å². The Morgan fingerprint density at radius 2 is 1.86 bits per heavy atom. The molecule has 1 N–H and O–H groups in total. The number of rotatable bonds is 9. The van der Waals surface area contributed by atoms with E-state index in [9.17, 15) is 9.90 Å². The molecule has 1 rings (SSSR count). The van der Waals surface area contributed by atoms with Gasteiger partial charge in [-0.3, -0.25) is 4.79 Å². The average Bonchev–Trinajstić information content (AvgIpc) is 2.55. The quantitative estimate of drug-likeness (QED) is 0.551. The lowest BCUT2D eigenvalue weighted by Crippen LogP contribution is -2.08. The molecule has 0 atom stereocenters. The van der Waals surface area contributed by atoms with Crippen LogP contribution in [0.1, 0.15) is 51.5 Å². The van der Waals surface area contributed by atoms with Crippen LogP contribution in [0.2, 0.25) is 0 Å². The monoisotopic (exact) mass is 302 g/mol. The van der Waals surface area contributed by atoms with Gasteiger partial charge >= 0.3 is 5.97 Å². The number of esters is 1. The number of aliphatic hydroxyl groups excluding tert-OH is 1. The Kier molecular flexibility index (Phi) is 8.97. The summed E-state index contributed by atoms with van der Waals surface area (Å²) in [5, 5.41) is 9.49. The predicted molar refractivity (Wildman–Crippen MR) is 89.4 cm³/mol. The number of aliphatic hydroxyl groups is 1. The van der Waals surface area contributed by atoms with Crippen molar-refractivity contribution in [1.82, 2.24) is 0 Å². The van der Waals surface area contributed by atoms with Crippen LogP contribution >= 0.6 is 0 Å². The molecule has 1 aromatic carbocycles. The van der Waals surface area contributed by atoms with Crippen LogP contribution in [0.3, 0.4) is 0 Å². The Morgan fingerprint density at radius 3 is 2.45 bits per heavy atom. The fourth-order valence-electron chi connectivity index (χ4n) is 2.05. The Hall–Kier alpha value is -1.83. The number of unbranched alkanes of at least 4 members (excludes halogenated alkanes) is 1. The van der Waals surface area contributed by atoms with E-state index in [0.29, 0.717) is 12.0 Å². The largest absolute Gasteiger partial charge is 0.460 e. The summed E-state index contributed by atoms with van der Waals surface area (Å²) in [6.07, 6.45) is 4.22. The van der Waals surface area contributed by atoms with Crippen LogP contribution in [0.4, 0.5) is 0 Å². The molecule has 0 unspecified atom stereocenters. The standard InChI is InChI=1S/C19H26O3/c1-3-5-10-18(17-11-7-6-8-12-17)13-16(14-20)15-22-19(21)9-4-2/h6-8,11-12,20H,3-5,9-10,14-15H2,1-2H3. The van der Waals surface area contributed by atoms with Crippen molar-refractivity contribution in [2.75, 3.05) is 13.2 Å². The molecule has 0 aromatic heterocycles. The minimum Gasteiger partial charge on any atom is -0.460 e. The lowest BCUT2D eigenvalue weighted by Gasteiger charge is -2.07. The first-order valence-corrected chi connectivity index (χ1v) is 8.00. The molecule has 0 aliphatic rings. The first-order valence-electron chi connectivity index (χ1n) is 8.00. The molecule has 0 fully saturated rings. The van der Waals surface area contributed by atoms with E-state index in [4.69, 9.17) is 4.74 Å². The van der Waals surface area contributed by atoms with E-state index < -0.39 is 0 Å². The van der Waals surface area contributed by atoms with Gasteiger partial charge in [-0.1, -0.05) is 50.6 Å². The Morgan fingerprint density at radius 1 is 1.14 bits per heavy atom. The SMILES string of the molecule is CCCCC(=C=C(CO)COC(=O)CCC)c1ccccc1. The van der Waals surface area contributed by atoms with Crippen molar-refractivity contribution in [3.63, 3.8) is 0 Å². The molecule has 120 valence electrons. The number of hydrogen-bond acceptors (Lipinski definition) is 3. The maximum Gasteiger partial charge on any atom is 0.306 e. The van der Waals surface area contributed by atoms with Crippen LogP contribution in [0, 0.1) is 0 Å². The van der Waals surface area contributed by atoms with E-state index in [2.05, 4.69) is 12.7 Å². The molecular weight excluding hydrogens is 276 g/mol. The summed E-state index contributed by atoms with van der Waals surface area (Å²) in [7, 11) is 0. The van der Waals surface area contributed by atoms with Gasteiger partial charge in [0.1, 0.15) is 6.61 Å². The molecule has 0 radical (unpaired) electrons. The molecular formula is C19H26O3. The van der Waals surface area contributed by atoms with Gasteiger partial charge in [-0.25, -0.2) is 0 Å². The summed E-state index contributed by atoms with van der Waals surface area (Å²) in [6, 6.07) is 10.0. The van der Waals surface area contributed by atoms with Gasteiger partial charge in [-0.2, -0.15) is 0 Å². The molecule has 0 saturated heterocycles. The van der Waals surface area contributed by atoms with Gasteiger partial charge in [0.15, 0.2) is 0 Å². The highest BCUT2D eigenvalue weighted by Crippen LogP contribution is 2.20. The van der Waals surface area contributed by atoms with Gasteiger partial charge < -0.3 is 9.84 Å². The van der Waals surface area contributed by atoms with Gasteiger partial charge in [0.2, 0.25) is 0 Å². The van der Waals surface area contributed by atoms with Crippen molar-refractivity contribution in [2.45, 2.75) is 46.0 Å². The predicted octanol–water partition coefficient (Wildman–Crippen LogP) is 4.12. The molecule has 0 heterocycles. The third-order valence-electron chi connectivity index (χ3n) is 3.28. The topological polar surface area (TPSA) is 46.5 Å². The van der Waals surface area contributed by atoms with E-state index in [-0.39, 0.29) is 19.2 Å². The van der Waals surface area contributed by atoms with Gasteiger partial charge in [0.25, 0.3) is 0 Å². The molecule has 0 saturated carbocycles. The van der Waals surface area contributed by atoms with E-state index >= 15 is 0 Å². The highest BCUT2D eigenvalue weighted by molar-refractivity contribution is 5.69. The highest BCUT2D eigenvalue weighted by Gasteiger charge is 2.05. The first-order chi connectivity index (χ1) is 10.7. The lowest BCUT2D eigenvalue weighted by molar-refractivity contribution is -0.142. The second-order valence-electron chi connectivity index (χ2n) is 5.25. The summed E-state index contributed by atoms with van der Waals surface area (Å²) in [5.74, 6) is -0.231. The van der Waals surface area contributed by atoms with Crippen molar-refractivity contribution in [2.24, 2.45) is 0 Å². The summed E-state index contributed by atoms with van der Waals surface area (Å²) < 4.78 is 5.16. The maximum atomic E-state index is 11.4. The van der Waals surface area contributed by atoms with Crippen LogP contribution < -0.4 is 0 Å². The number of hydrogen-bond donors (Lipinski definition) is 1. The Bertz CT molecular complexity index is 511. The molecule has 0 spiro atoms. The number of carbonyl (C=O) groups is 1. The Balaban J connectivity index is 2.95. The fourth-order valence-corrected chi connectivity index (χ4v) is 2.05. The van der Waals surface area contributed by atoms with Crippen molar-refractivity contribution in [3.8, 4) is 0 Å². The lowest BCUT2D eigenvalue weighted by atomic mass is 10.0. The summed E-state index contributed by atoms with van der Waals surface area (Å²) in [5.41, 5.74) is 6.02. The van der Waals surface area contributed by atoms with Crippen LogP contribution in [0.15, 0.2) is 41.6 Å². The van der Waals surface area contributed by atoms with E-state index in [0.717, 1.165) is 36.8 Å². The molecule has 0 aliphatic carbocycles. The summed E-state index contributed by atoms with van der Waals surface area (Å²) >= 11 is 0. The number of ether oxygens (including phenoxy) is 1. The van der Waals surface area contributed by atoms with Crippen molar-refractivity contribution in [3.05, 3.63) is 47.2 Å². The van der Waals surface area contributed by atoms with E-state index in [1.807, 2.05) is 37.3 Å². The smallest absolute Gasteiger partial charge is 0.306 e. The Labute approximate surface area is 133 Å². The van der Waals surface area contributed by atoms with Gasteiger partial charge in [0.05, 0.1) is 6.61 Å². The zero-order chi connectivity index (χ0) is 16.2. The normalized spacial score (nSPS) is 9.95. The van der Waals surface area contributed by atoms with Crippen molar-refractivity contribution >= 4 is 11.5 Å². The molecule has 1 aromatic rings.